The van der Waals surface area contributed by atoms with Crippen molar-refractivity contribution < 1.29 is 4.39 Å². The molecule has 2 aromatic rings. The topological polar surface area (TPSA) is 17.0 Å². The van der Waals surface area contributed by atoms with Gasteiger partial charge in [-0.25, -0.2) is 4.39 Å². The van der Waals surface area contributed by atoms with E-state index in [9.17, 15) is 4.39 Å². The SMILES string of the molecule is CNCC1CCCc2c1n(C)c1cc(F)ccc21. The molecule has 18 heavy (non-hydrogen) atoms. The van der Waals surface area contributed by atoms with Crippen LogP contribution < -0.4 is 5.32 Å². The van der Waals surface area contributed by atoms with Crippen molar-refractivity contribution in [1.82, 2.24) is 9.88 Å². The molecule has 0 spiro atoms. The first-order valence-corrected chi connectivity index (χ1v) is 6.63. The minimum atomic E-state index is -0.148. The van der Waals surface area contributed by atoms with Crippen LogP contribution in [0.4, 0.5) is 4.39 Å². The molecule has 2 nitrogen and oxygen atoms in total. The molecule has 0 fully saturated rings. The van der Waals surface area contributed by atoms with Crippen molar-refractivity contribution in [3.8, 4) is 0 Å². The highest BCUT2D eigenvalue weighted by molar-refractivity contribution is 5.86. The highest BCUT2D eigenvalue weighted by Gasteiger charge is 2.25. The Morgan fingerprint density at radius 1 is 1.44 bits per heavy atom. The van der Waals surface area contributed by atoms with Gasteiger partial charge < -0.3 is 9.88 Å². The van der Waals surface area contributed by atoms with E-state index in [0.717, 1.165) is 18.5 Å². The third kappa shape index (κ3) is 1.65. The average Bonchev–Trinajstić information content (AvgIpc) is 2.64. The van der Waals surface area contributed by atoms with E-state index in [-0.39, 0.29) is 5.82 Å². The molecule has 1 heterocycles. The van der Waals surface area contributed by atoms with E-state index in [4.69, 9.17) is 0 Å². The van der Waals surface area contributed by atoms with Crippen molar-refractivity contribution in [1.29, 1.82) is 0 Å². The fourth-order valence-electron chi connectivity index (χ4n) is 3.40. The van der Waals surface area contributed by atoms with Crippen LogP contribution in [0.25, 0.3) is 10.9 Å². The average molecular weight is 246 g/mol. The van der Waals surface area contributed by atoms with Gasteiger partial charge >= 0.3 is 0 Å². The summed E-state index contributed by atoms with van der Waals surface area (Å²) in [5, 5.41) is 4.51. The summed E-state index contributed by atoms with van der Waals surface area (Å²) in [5.74, 6) is 0.407. The van der Waals surface area contributed by atoms with Crippen LogP contribution in [0.3, 0.4) is 0 Å². The lowest BCUT2D eigenvalue weighted by Gasteiger charge is -2.24. The lowest BCUT2D eigenvalue weighted by atomic mass is 9.86. The zero-order chi connectivity index (χ0) is 12.7. The molecular weight excluding hydrogens is 227 g/mol. The Morgan fingerprint density at radius 3 is 3.06 bits per heavy atom. The quantitative estimate of drug-likeness (QED) is 0.862. The van der Waals surface area contributed by atoms with E-state index in [1.54, 1.807) is 12.1 Å². The van der Waals surface area contributed by atoms with E-state index >= 15 is 0 Å². The highest BCUT2D eigenvalue weighted by atomic mass is 19.1. The summed E-state index contributed by atoms with van der Waals surface area (Å²) in [6.45, 7) is 1.000. The molecule has 0 bridgehead atoms. The van der Waals surface area contributed by atoms with E-state index in [1.165, 1.54) is 29.5 Å². The van der Waals surface area contributed by atoms with Crippen molar-refractivity contribution >= 4 is 10.9 Å². The number of aromatic nitrogens is 1. The second-order valence-electron chi connectivity index (χ2n) is 5.23. The summed E-state index contributed by atoms with van der Waals surface area (Å²) in [7, 11) is 4.06. The van der Waals surface area contributed by atoms with Gasteiger partial charge in [-0.15, -0.1) is 0 Å². The molecule has 0 amide bonds. The minimum absolute atomic E-state index is 0.148. The van der Waals surface area contributed by atoms with Gasteiger partial charge in [0.15, 0.2) is 0 Å². The molecule has 0 radical (unpaired) electrons. The Balaban J connectivity index is 2.23. The first-order chi connectivity index (χ1) is 8.72. The monoisotopic (exact) mass is 246 g/mol. The van der Waals surface area contributed by atoms with Gasteiger partial charge in [0.1, 0.15) is 5.82 Å². The number of aryl methyl sites for hydroxylation is 2. The number of nitrogens with zero attached hydrogens (tertiary/aromatic N) is 1. The van der Waals surface area contributed by atoms with Gasteiger partial charge in [0.25, 0.3) is 0 Å². The van der Waals surface area contributed by atoms with Crippen molar-refractivity contribution in [3.05, 3.63) is 35.3 Å². The third-order valence-corrected chi connectivity index (χ3v) is 4.13. The molecular formula is C15H19FN2. The maximum Gasteiger partial charge on any atom is 0.125 e. The van der Waals surface area contributed by atoms with E-state index in [2.05, 4.69) is 16.9 Å². The molecule has 1 aromatic carbocycles. The number of nitrogens with one attached hydrogen (secondary N) is 1. The van der Waals surface area contributed by atoms with Crippen LogP contribution >= 0.6 is 0 Å². The van der Waals surface area contributed by atoms with Gasteiger partial charge in [-0.1, -0.05) is 0 Å². The van der Waals surface area contributed by atoms with Crippen LogP contribution in [0.15, 0.2) is 18.2 Å². The van der Waals surface area contributed by atoms with E-state index < -0.39 is 0 Å². The van der Waals surface area contributed by atoms with Gasteiger partial charge in [0, 0.05) is 30.6 Å². The largest absolute Gasteiger partial charge is 0.347 e. The van der Waals surface area contributed by atoms with Crippen LogP contribution in [0.5, 0.6) is 0 Å². The number of hydrogen-bond acceptors (Lipinski definition) is 1. The zero-order valence-electron chi connectivity index (χ0n) is 11.0. The fourth-order valence-corrected chi connectivity index (χ4v) is 3.40. The van der Waals surface area contributed by atoms with Crippen LogP contribution in [-0.2, 0) is 13.5 Å². The van der Waals surface area contributed by atoms with E-state index in [0.29, 0.717) is 5.92 Å². The summed E-state index contributed by atoms with van der Waals surface area (Å²) in [5.41, 5.74) is 3.86. The number of fused-ring (bicyclic) bond motifs is 3. The molecule has 1 aliphatic rings. The number of halogens is 1. The summed E-state index contributed by atoms with van der Waals surface area (Å²) in [6.07, 6.45) is 3.58. The third-order valence-electron chi connectivity index (χ3n) is 4.13. The second-order valence-corrected chi connectivity index (χ2v) is 5.23. The Labute approximate surface area is 107 Å². The Kier molecular flexibility index (Phi) is 2.86. The van der Waals surface area contributed by atoms with Gasteiger partial charge in [-0.3, -0.25) is 0 Å². The summed E-state index contributed by atoms with van der Waals surface area (Å²) in [4.78, 5) is 0. The standard InChI is InChI=1S/C15H19FN2/c1-17-9-10-4-3-5-13-12-7-6-11(16)8-14(12)18(2)15(10)13/h6-8,10,17H,3-5,9H2,1-2H3. The van der Waals surface area contributed by atoms with Crippen molar-refractivity contribution in [3.63, 3.8) is 0 Å². The molecule has 0 aliphatic heterocycles. The van der Waals surface area contributed by atoms with Crippen molar-refractivity contribution in [2.75, 3.05) is 13.6 Å². The summed E-state index contributed by atoms with van der Waals surface area (Å²) < 4.78 is 15.6. The van der Waals surface area contributed by atoms with Gasteiger partial charge in [0.2, 0.25) is 0 Å². The summed E-state index contributed by atoms with van der Waals surface area (Å²) in [6, 6.07) is 5.17. The normalized spacial score (nSPS) is 19.2. The molecule has 1 unspecified atom stereocenters. The zero-order valence-corrected chi connectivity index (χ0v) is 11.0. The second kappa shape index (κ2) is 4.39. The number of rotatable bonds is 2. The Bertz CT molecular complexity index is 586. The molecule has 0 saturated carbocycles. The molecule has 0 saturated heterocycles. The maximum atomic E-state index is 13.4. The Hall–Kier alpha value is -1.35. The van der Waals surface area contributed by atoms with Crippen LogP contribution in [-0.4, -0.2) is 18.2 Å². The van der Waals surface area contributed by atoms with Crippen LogP contribution in [0.1, 0.15) is 30.0 Å². The predicted molar refractivity (Wildman–Crippen MR) is 72.5 cm³/mol. The molecule has 96 valence electrons. The van der Waals surface area contributed by atoms with Crippen LogP contribution in [0.2, 0.25) is 0 Å². The number of hydrogen-bond donors (Lipinski definition) is 1. The molecule has 3 rings (SSSR count). The molecule has 1 N–H and O–H groups in total. The predicted octanol–water partition coefficient (Wildman–Crippen LogP) is 2.96. The smallest absolute Gasteiger partial charge is 0.125 e. The fraction of sp³-hybridized carbons (Fsp3) is 0.467. The lowest BCUT2D eigenvalue weighted by Crippen LogP contribution is -2.22. The molecule has 1 aliphatic carbocycles. The highest BCUT2D eigenvalue weighted by Crippen LogP contribution is 2.37. The first-order valence-electron chi connectivity index (χ1n) is 6.63. The van der Waals surface area contributed by atoms with Crippen LogP contribution in [0, 0.1) is 5.82 Å². The van der Waals surface area contributed by atoms with Gasteiger partial charge in [0.05, 0.1) is 5.52 Å². The number of benzene rings is 1. The van der Waals surface area contributed by atoms with E-state index in [1.807, 2.05) is 13.1 Å². The molecule has 3 heteroatoms. The van der Waals surface area contributed by atoms with Crippen molar-refractivity contribution in [2.45, 2.75) is 25.2 Å². The number of likely N-dealkylation sites (N-methyl/N-ethyl adjacent to an activating group) is 1. The van der Waals surface area contributed by atoms with Gasteiger partial charge in [-0.05, 0) is 50.1 Å². The Morgan fingerprint density at radius 2 is 2.28 bits per heavy atom. The van der Waals surface area contributed by atoms with Crippen molar-refractivity contribution in [2.24, 2.45) is 7.05 Å². The maximum absolute atomic E-state index is 13.4. The van der Waals surface area contributed by atoms with Gasteiger partial charge in [-0.2, -0.15) is 0 Å². The minimum Gasteiger partial charge on any atom is -0.347 e. The molecule has 1 aromatic heterocycles. The lowest BCUT2D eigenvalue weighted by molar-refractivity contribution is 0.506. The molecule has 1 atom stereocenters. The summed E-state index contributed by atoms with van der Waals surface area (Å²) >= 11 is 0. The first kappa shape index (κ1) is 11.7.